The molecular formula is C11H24O2. The van der Waals surface area contributed by atoms with E-state index in [1.165, 1.54) is 12.8 Å². The summed E-state index contributed by atoms with van der Waals surface area (Å²) in [4.78, 5) is 0. The van der Waals surface area contributed by atoms with Crippen LogP contribution < -0.4 is 0 Å². The normalized spacial score (nSPS) is 14.5. The van der Waals surface area contributed by atoms with Gasteiger partial charge >= 0.3 is 0 Å². The van der Waals surface area contributed by atoms with E-state index >= 15 is 0 Å². The summed E-state index contributed by atoms with van der Waals surface area (Å²) in [5.41, 5.74) is -0.189. The van der Waals surface area contributed by atoms with E-state index < -0.39 is 6.29 Å². The van der Waals surface area contributed by atoms with E-state index in [1.54, 1.807) is 0 Å². The number of unbranched alkanes of at least 4 members (excludes halogenated alkanes) is 2. The monoisotopic (exact) mass is 188 g/mol. The zero-order valence-electron chi connectivity index (χ0n) is 9.47. The molecule has 2 nitrogen and oxygen atoms in total. The molecule has 0 saturated carbocycles. The van der Waals surface area contributed by atoms with Crippen molar-refractivity contribution in [2.24, 2.45) is 0 Å². The molecule has 0 amide bonds. The Kier molecular flexibility index (Phi) is 6.35. The van der Waals surface area contributed by atoms with E-state index in [2.05, 4.69) is 13.8 Å². The lowest BCUT2D eigenvalue weighted by Crippen LogP contribution is -2.29. The Morgan fingerprint density at radius 2 is 1.85 bits per heavy atom. The van der Waals surface area contributed by atoms with E-state index in [1.807, 2.05) is 13.8 Å². The lowest BCUT2D eigenvalue weighted by molar-refractivity contribution is -0.176. The number of aliphatic hydroxyl groups is 1. The predicted molar refractivity (Wildman–Crippen MR) is 55.6 cm³/mol. The quantitative estimate of drug-likeness (QED) is 0.491. The predicted octanol–water partition coefficient (Wildman–Crippen LogP) is 3.09. The van der Waals surface area contributed by atoms with Crippen molar-refractivity contribution in [2.75, 3.05) is 0 Å². The van der Waals surface area contributed by atoms with Crippen molar-refractivity contribution in [2.45, 2.75) is 71.7 Å². The summed E-state index contributed by atoms with van der Waals surface area (Å²) >= 11 is 0. The molecule has 0 rings (SSSR count). The van der Waals surface area contributed by atoms with Gasteiger partial charge in [0.2, 0.25) is 0 Å². The summed E-state index contributed by atoms with van der Waals surface area (Å²) in [6, 6.07) is 0. The van der Waals surface area contributed by atoms with Crippen LogP contribution in [0.4, 0.5) is 0 Å². The van der Waals surface area contributed by atoms with Gasteiger partial charge in [0, 0.05) is 0 Å². The van der Waals surface area contributed by atoms with Crippen LogP contribution in [0.3, 0.4) is 0 Å². The summed E-state index contributed by atoms with van der Waals surface area (Å²) in [6.07, 6.45) is 4.52. The average Bonchev–Trinajstić information content (AvgIpc) is 2.04. The minimum Gasteiger partial charge on any atom is -0.368 e. The molecule has 0 radical (unpaired) electrons. The Labute approximate surface area is 82.3 Å². The van der Waals surface area contributed by atoms with Gasteiger partial charge in [-0.25, -0.2) is 0 Å². The number of hydrogen-bond acceptors (Lipinski definition) is 2. The Bertz CT molecular complexity index is 121. The molecule has 80 valence electrons. The minimum atomic E-state index is -0.582. The number of hydrogen-bond donors (Lipinski definition) is 1. The van der Waals surface area contributed by atoms with E-state index in [9.17, 15) is 5.11 Å². The zero-order valence-corrected chi connectivity index (χ0v) is 9.47. The first-order chi connectivity index (χ1) is 6.02. The van der Waals surface area contributed by atoms with E-state index in [-0.39, 0.29) is 5.60 Å². The summed E-state index contributed by atoms with van der Waals surface area (Å²) in [7, 11) is 0. The second-order valence-corrected chi connectivity index (χ2v) is 4.18. The zero-order chi connectivity index (χ0) is 10.3. The molecule has 0 aliphatic heterocycles. The van der Waals surface area contributed by atoms with Gasteiger partial charge < -0.3 is 9.84 Å². The van der Waals surface area contributed by atoms with Gasteiger partial charge in [-0.2, -0.15) is 0 Å². The van der Waals surface area contributed by atoms with Crippen LogP contribution in [0.5, 0.6) is 0 Å². The van der Waals surface area contributed by atoms with E-state index in [4.69, 9.17) is 4.74 Å². The molecule has 13 heavy (non-hydrogen) atoms. The fraction of sp³-hybridized carbons (Fsp3) is 1.00. The van der Waals surface area contributed by atoms with Crippen LogP contribution in [-0.4, -0.2) is 17.0 Å². The first-order valence-corrected chi connectivity index (χ1v) is 5.37. The molecular weight excluding hydrogens is 164 g/mol. The molecule has 1 unspecified atom stereocenters. The SMILES string of the molecule is CCCCCC(O)OC(C)(C)CC. The third kappa shape index (κ3) is 7.03. The van der Waals surface area contributed by atoms with Gasteiger partial charge in [-0.3, -0.25) is 0 Å². The van der Waals surface area contributed by atoms with Crippen molar-refractivity contribution < 1.29 is 9.84 Å². The molecule has 0 aliphatic carbocycles. The highest BCUT2D eigenvalue weighted by Crippen LogP contribution is 2.17. The molecule has 1 atom stereocenters. The largest absolute Gasteiger partial charge is 0.368 e. The first kappa shape index (κ1) is 12.9. The van der Waals surface area contributed by atoms with Crippen LogP contribution in [-0.2, 0) is 4.74 Å². The topological polar surface area (TPSA) is 29.5 Å². The minimum absolute atomic E-state index is 0.189. The fourth-order valence-electron chi connectivity index (χ4n) is 1.08. The maximum atomic E-state index is 9.52. The van der Waals surface area contributed by atoms with Gasteiger partial charge in [0.25, 0.3) is 0 Å². The van der Waals surface area contributed by atoms with Gasteiger partial charge in [0.05, 0.1) is 5.60 Å². The molecule has 0 bridgehead atoms. The molecule has 0 saturated heterocycles. The summed E-state index contributed by atoms with van der Waals surface area (Å²) in [5, 5.41) is 9.52. The Morgan fingerprint density at radius 3 is 2.31 bits per heavy atom. The number of aliphatic hydroxyl groups excluding tert-OH is 1. The maximum Gasteiger partial charge on any atom is 0.155 e. The Balaban J connectivity index is 3.55. The van der Waals surface area contributed by atoms with Gasteiger partial charge in [0.15, 0.2) is 6.29 Å². The molecule has 0 fully saturated rings. The third-order valence-electron chi connectivity index (χ3n) is 2.36. The molecule has 0 aromatic heterocycles. The molecule has 0 spiro atoms. The summed E-state index contributed by atoms with van der Waals surface area (Å²) in [6.45, 7) is 8.24. The van der Waals surface area contributed by atoms with Crippen LogP contribution >= 0.6 is 0 Å². The van der Waals surface area contributed by atoms with Crippen LogP contribution in [0.15, 0.2) is 0 Å². The van der Waals surface area contributed by atoms with Gasteiger partial charge in [0.1, 0.15) is 0 Å². The molecule has 2 heteroatoms. The summed E-state index contributed by atoms with van der Waals surface area (Å²) in [5.74, 6) is 0. The molecule has 0 aromatic rings. The van der Waals surface area contributed by atoms with E-state index in [0.717, 1.165) is 19.3 Å². The first-order valence-electron chi connectivity index (χ1n) is 5.37. The fourth-order valence-corrected chi connectivity index (χ4v) is 1.08. The van der Waals surface area contributed by atoms with Gasteiger partial charge in [-0.1, -0.05) is 26.7 Å². The highest BCUT2D eigenvalue weighted by atomic mass is 16.6. The van der Waals surface area contributed by atoms with Crippen molar-refractivity contribution >= 4 is 0 Å². The second-order valence-electron chi connectivity index (χ2n) is 4.18. The van der Waals surface area contributed by atoms with Crippen LogP contribution in [0.2, 0.25) is 0 Å². The molecule has 0 aliphatic rings. The highest BCUT2D eigenvalue weighted by Gasteiger charge is 2.19. The van der Waals surface area contributed by atoms with Crippen LogP contribution in [0.1, 0.15) is 59.8 Å². The van der Waals surface area contributed by atoms with E-state index in [0.29, 0.717) is 0 Å². The number of ether oxygens (including phenoxy) is 1. The third-order valence-corrected chi connectivity index (χ3v) is 2.36. The van der Waals surface area contributed by atoms with Crippen molar-refractivity contribution in [3.63, 3.8) is 0 Å². The van der Waals surface area contributed by atoms with Crippen molar-refractivity contribution in [3.05, 3.63) is 0 Å². The average molecular weight is 188 g/mol. The molecule has 1 N–H and O–H groups in total. The smallest absolute Gasteiger partial charge is 0.155 e. The molecule has 0 aromatic carbocycles. The Morgan fingerprint density at radius 1 is 1.23 bits per heavy atom. The van der Waals surface area contributed by atoms with Crippen molar-refractivity contribution in [1.29, 1.82) is 0 Å². The van der Waals surface area contributed by atoms with Crippen LogP contribution in [0.25, 0.3) is 0 Å². The lowest BCUT2D eigenvalue weighted by Gasteiger charge is -2.27. The number of rotatable bonds is 7. The van der Waals surface area contributed by atoms with Crippen molar-refractivity contribution in [1.82, 2.24) is 0 Å². The second kappa shape index (κ2) is 6.39. The van der Waals surface area contributed by atoms with Crippen LogP contribution in [0, 0.1) is 0 Å². The van der Waals surface area contributed by atoms with Crippen molar-refractivity contribution in [3.8, 4) is 0 Å². The Hall–Kier alpha value is -0.0800. The maximum absolute atomic E-state index is 9.52. The summed E-state index contributed by atoms with van der Waals surface area (Å²) < 4.78 is 5.49. The lowest BCUT2D eigenvalue weighted by atomic mass is 10.1. The van der Waals surface area contributed by atoms with Gasteiger partial charge in [-0.05, 0) is 33.1 Å². The standard InChI is InChI=1S/C11H24O2/c1-5-7-8-9-10(12)13-11(3,4)6-2/h10,12H,5-9H2,1-4H3. The van der Waals surface area contributed by atoms with Gasteiger partial charge in [-0.15, -0.1) is 0 Å². The molecule has 0 heterocycles. The highest BCUT2D eigenvalue weighted by molar-refractivity contribution is 4.66.